The summed E-state index contributed by atoms with van der Waals surface area (Å²) in [5, 5.41) is 3.01. The van der Waals surface area contributed by atoms with Gasteiger partial charge in [-0.05, 0) is 29.8 Å². The molecule has 0 bridgehead atoms. The first-order chi connectivity index (χ1) is 11.7. The molecular weight excluding hydrogens is 325 g/mol. The summed E-state index contributed by atoms with van der Waals surface area (Å²) in [7, 11) is 1.97. The van der Waals surface area contributed by atoms with E-state index in [1.165, 1.54) is 12.1 Å². The van der Waals surface area contributed by atoms with Crippen molar-refractivity contribution in [3.8, 4) is 11.1 Å². The van der Waals surface area contributed by atoms with Crippen molar-refractivity contribution in [3.63, 3.8) is 0 Å². The van der Waals surface area contributed by atoms with Gasteiger partial charge in [-0.25, -0.2) is 14.4 Å². The van der Waals surface area contributed by atoms with E-state index in [2.05, 4.69) is 9.97 Å². The molecule has 0 aliphatic carbocycles. The van der Waals surface area contributed by atoms with Gasteiger partial charge in [0.15, 0.2) is 0 Å². The Morgan fingerprint density at radius 2 is 2.00 bits per heavy atom. The van der Waals surface area contributed by atoms with E-state index in [0.29, 0.717) is 6.54 Å². The third-order valence-corrected chi connectivity index (χ3v) is 4.73. The van der Waals surface area contributed by atoms with E-state index < -0.39 is 0 Å². The zero-order chi connectivity index (χ0) is 16.5. The summed E-state index contributed by atoms with van der Waals surface area (Å²) >= 11 is 1.56. The van der Waals surface area contributed by atoms with Crippen LogP contribution in [0.4, 0.5) is 10.2 Å². The quantitative estimate of drug-likeness (QED) is 0.539. The van der Waals surface area contributed by atoms with Crippen LogP contribution in [0.25, 0.3) is 21.3 Å². The van der Waals surface area contributed by atoms with Gasteiger partial charge in [0.05, 0.1) is 18.2 Å². The first-order valence-corrected chi connectivity index (χ1v) is 8.32. The fraction of sp³-hybridized carbons (Fsp3) is 0.111. The molecule has 4 nitrogen and oxygen atoms in total. The molecule has 1 aromatic carbocycles. The molecule has 0 atom stereocenters. The Morgan fingerprint density at radius 1 is 1.17 bits per heavy atom. The van der Waals surface area contributed by atoms with Gasteiger partial charge in [0.25, 0.3) is 0 Å². The molecule has 0 saturated heterocycles. The summed E-state index contributed by atoms with van der Waals surface area (Å²) < 4.78 is 18.6. The number of hydrogen-bond donors (Lipinski definition) is 0. The standard InChI is InChI=1S/C18H14FN3OS/c1-22(9-14-3-2-8-23-14)17-16-15(10-24-18(16)21-11-20-17)12-4-6-13(19)7-5-12/h2-8,10-11H,9H2,1H3. The molecule has 6 heteroatoms. The van der Waals surface area contributed by atoms with Gasteiger partial charge in [0, 0.05) is 18.0 Å². The lowest BCUT2D eigenvalue weighted by Gasteiger charge is -2.18. The minimum atomic E-state index is -0.246. The molecule has 4 rings (SSSR count). The van der Waals surface area contributed by atoms with Gasteiger partial charge in [0.2, 0.25) is 0 Å². The Labute approximate surface area is 142 Å². The first-order valence-electron chi connectivity index (χ1n) is 7.44. The molecule has 0 saturated carbocycles. The summed E-state index contributed by atoms with van der Waals surface area (Å²) in [6.45, 7) is 0.609. The number of aromatic nitrogens is 2. The molecule has 120 valence electrons. The van der Waals surface area contributed by atoms with Crippen molar-refractivity contribution in [2.24, 2.45) is 0 Å². The van der Waals surface area contributed by atoms with Gasteiger partial charge >= 0.3 is 0 Å². The highest BCUT2D eigenvalue weighted by Crippen LogP contribution is 2.37. The van der Waals surface area contributed by atoms with Gasteiger partial charge in [0.1, 0.15) is 28.6 Å². The zero-order valence-electron chi connectivity index (χ0n) is 12.9. The smallest absolute Gasteiger partial charge is 0.141 e. The molecule has 0 fully saturated rings. The third kappa shape index (κ3) is 2.65. The summed E-state index contributed by atoms with van der Waals surface area (Å²) in [6.07, 6.45) is 3.23. The van der Waals surface area contributed by atoms with Crippen LogP contribution >= 0.6 is 11.3 Å². The molecule has 24 heavy (non-hydrogen) atoms. The van der Waals surface area contributed by atoms with Crippen LogP contribution in [-0.2, 0) is 6.54 Å². The van der Waals surface area contributed by atoms with Gasteiger partial charge in [-0.1, -0.05) is 12.1 Å². The van der Waals surface area contributed by atoms with Gasteiger partial charge in [-0.15, -0.1) is 11.3 Å². The molecule has 0 spiro atoms. The molecule has 0 N–H and O–H groups in total. The summed E-state index contributed by atoms with van der Waals surface area (Å²) in [5.74, 6) is 1.45. The van der Waals surface area contributed by atoms with Crippen LogP contribution in [-0.4, -0.2) is 17.0 Å². The second-order valence-corrected chi connectivity index (χ2v) is 6.33. The van der Waals surface area contributed by atoms with Crippen LogP contribution in [0.5, 0.6) is 0 Å². The summed E-state index contributed by atoms with van der Waals surface area (Å²) in [4.78, 5) is 11.8. The van der Waals surface area contributed by atoms with Crippen molar-refractivity contribution in [1.29, 1.82) is 0 Å². The van der Waals surface area contributed by atoms with Crippen LogP contribution in [0, 0.1) is 5.82 Å². The number of anilines is 1. The van der Waals surface area contributed by atoms with Crippen molar-refractivity contribution in [1.82, 2.24) is 9.97 Å². The summed E-state index contributed by atoms with van der Waals surface area (Å²) in [6, 6.07) is 10.3. The lowest BCUT2D eigenvalue weighted by Crippen LogP contribution is -2.17. The maximum absolute atomic E-state index is 13.2. The molecule has 0 unspecified atom stereocenters. The Kier molecular flexibility index (Phi) is 3.74. The van der Waals surface area contributed by atoms with Crippen molar-refractivity contribution < 1.29 is 8.81 Å². The van der Waals surface area contributed by atoms with E-state index in [4.69, 9.17) is 4.42 Å². The minimum absolute atomic E-state index is 0.246. The number of thiophene rings is 1. The van der Waals surface area contributed by atoms with Gasteiger partial charge in [-0.2, -0.15) is 0 Å². The minimum Gasteiger partial charge on any atom is -0.467 e. The maximum atomic E-state index is 13.2. The van der Waals surface area contributed by atoms with Crippen molar-refractivity contribution in [3.05, 3.63) is 65.9 Å². The molecule has 4 aromatic rings. The Hall–Kier alpha value is -2.73. The van der Waals surface area contributed by atoms with E-state index in [0.717, 1.165) is 32.9 Å². The Balaban J connectivity index is 1.81. The third-order valence-electron chi connectivity index (χ3n) is 3.84. The van der Waals surface area contributed by atoms with Crippen LogP contribution in [0.3, 0.4) is 0 Å². The first kappa shape index (κ1) is 14.8. The number of rotatable bonds is 4. The van der Waals surface area contributed by atoms with E-state index in [1.54, 1.807) is 36.1 Å². The number of halogens is 1. The second-order valence-electron chi connectivity index (χ2n) is 5.47. The zero-order valence-corrected chi connectivity index (χ0v) is 13.8. The van der Waals surface area contributed by atoms with Gasteiger partial charge < -0.3 is 9.32 Å². The normalized spacial score (nSPS) is 11.1. The van der Waals surface area contributed by atoms with Crippen molar-refractivity contribution in [2.45, 2.75) is 6.54 Å². The Morgan fingerprint density at radius 3 is 2.75 bits per heavy atom. The molecule has 0 aliphatic rings. The number of benzene rings is 1. The van der Waals surface area contributed by atoms with Crippen LogP contribution < -0.4 is 4.90 Å². The highest BCUT2D eigenvalue weighted by atomic mass is 32.1. The van der Waals surface area contributed by atoms with E-state index in [9.17, 15) is 4.39 Å². The largest absolute Gasteiger partial charge is 0.467 e. The van der Waals surface area contributed by atoms with E-state index >= 15 is 0 Å². The fourth-order valence-electron chi connectivity index (χ4n) is 2.70. The van der Waals surface area contributed by atoms with Crippen molar-refractivity contribution >= 4 is 27.4 Å². The molecule has 0 aliphatic heterocycles. The fourth-order valence-corrected chi connectivity index (χ4v) is 3.61. The van der Waals surface area contributed by atoms with Crippen molar-refractivity contribution in [2.75, 3.05) is 11.9 Å². The number of fused-ring (bicyclic) bond motifs is 1. The van der Waals surface area contributed by atoms with E-state index in [-0.39, 0.29) is 5.82 Å². The molecular formula is C18H14FN3OS. The highest BCUT2D eigenvalue weighted by molar-refractivity contribution is 7.17. The Bertz CT molecular complexity index is 964. The maximum Gasteiger partial charge on any atom is 0.141 e. The van der Waals surface area contributed by atoms with E-state index in [1.807, 2.05) is 29.5 Å². The predicted octanol–water partition coefficient (Wildman–Crippen LogP) is 4.73. The SMILES string of the molecule is CN(Cc1ccco1)c1ncnc2scc(-c3ccc(F)cc3)c12. The topological polar surface area (TPSA) is 42.2 Å². The lowest BCUT2D eigenvalue weighted by atomic mass is 10.1. The van der Waals surface area contributed by atoms with Gasteiger partial charge in [-0.3, -0.25) is 0 Å². The van der Waals surface area contributed by atoms with Crippen LogP contribution in [0.2, 0.25) is 0 Å². The number of hydrogen-bond acceptors (Lipinski definition) is 5. The molecule has 0 radical (unpaired) electrons. The van der Waals surface area contributed by atoms with Crippen LogP contribution in [0.15, 0.2) is 58.8 Å². The molecule has 3 heterocycles. The molecule has 0 amide bonds. The second kappa shape index (κ2) is 6.05. The highest BCUT2D eigenvalue weighted by Gasteiger charge is 2.16. The number of nitrogens with zero attached hydrogens (tertiary/aromatic N) is 3. The molecule has 3 aromatic heterocycles. The van der Waals surface area contributed by atoms with Crippen LogP contribution in [0.1, 0.15) is 5.76 Å². The monoisotopic (exact) mass is 339 g/mol. The predicted molar refractivity (Wildman–Crippen MR) is 93.6 cm³/mol. The number of furan rings is 1. The summed E-state index contributed by atoms with van der Waals surface area (Å²) in [5.41, 5.74) is 1.96. The average molecular weight is 339 g/mol. The average Bonchev–Trinajstić information content (AvgIpc) is 3.24. The lowest BCUT2D eigenvalue weighted by molar-refractivity contribution is 0.507.